The zero-order valence-corrected chi connectivity index (χ0v) is 11.4. The minimum atomic E-state index is -3.78. The predicted octanol–water partition coefficient (Wildman–Crippen LogP) is 2.72. The van der Waals surface area contributed by atoms with Crippen LogP contribution in [0, 0.1) is 12.7 Å². The minimum Gasteiger partial charge on any atom is -0.237 e. The summed E-state index contributed by atoms with van der Waals surface area (Å²) in [7, 11) is -3.78. The van der Waals surface area contributed by atoms with Gasteiger partial charge in [-0.2, -0.15) is 0 Å². The fourth-order valence-electron chi connectivity index (χ4n) is 2.17. The van der Waals surface area contributed by atoms with Crippen LogP contribution in [0.15, 0.2) is 53.6 Å². The van der Waals surface area contributed by atoms with Crippen molar-refractivity contribution in [2.45, 2.75) is 11.8 Å². The van der Waals surface area contributed by atoms with Gasteiger partial charge in [0.15, 0.2) is 5.65 Å². The maximum absolute atomic E-state index is 13.7. The molecule has 0 aliphatic heterocycles. The van der Waals surface area contributed by atoms with Gasteiger partial charge in [0, 0.05) is 11.9 Å². The van der Waals surface area contributed by atoms with Crippen molar-refractivity contribution in [2.24, 2.45) is 0 Å². The molecule has 0 radical (unpaired) electrons. The molecule has 3 rings (SSSR count). The standard InChI is InChI=1S/C14H11FN2O2S/c1-10-9-12-13(15)7-8-16-14(12)17(10)20(18,19)11-5-3-2-4-6-11/h2-9H,1H3. The van der Waals surface area contributed by atoms with Crippen LogP contribution < -0.4 is 0 Å². The number of fused-ring (bicyclic) bond motifs is 1. The first kappa shape index (κ1) is 12.8. The highest BCUT2D eigenvalue weighted by atomic mass is 32.2. The van der Waals surface area contributed by atoms with Gasteiger partial charge < -0.3 is 0 Å². The summed E-state index contributed by atoms with van der Waals surface area (Å²) in [6.45, 7) is 1.61. The Morgan fingerprint density at radius 1 is 1.15 bits per heavy atom. The van der Waals surface area contributed by atoms with E-state index < -0.39 is 15.8 Å². The summed E-state index contributed by atoms with van der Waals surface area (Å²) in [5.41, 5.74) is 0.521. The lowest BCUT2D eigenvalue weighted by Gasteiger charge is -2.08. The topological polar surface area (TPSA) is 52.0 Å². The summed E-state index contributed by atoms with van der Waals surface area (Å²) < 4.78 is 40.1. The first-order valence-electron chi connectivity index (χ1n) is 5.95. The van der Waals surface area contributed by atoms with Crippen molar-refractivity contribution >= 4 is 21.1 Å². The minimum absolute atomic E-state index is 0.103. The number of halogens is 1. The molecule has 4 nitrogen and oxygen atoms in total. The molecule has 6 heteroatoms. The van der Waals surface area contributed by atoms with Crippen LogP contribution in [0.2, 0.25) is 0 Å². The Morgan fingerprint density at radius 2 is 1.85 bits per heavy atom. The number of hydrogen-bond acceptors (Lipinski definition) is 3. The van der Waals surface area contributed by atoms with E-state index in [1.54, 1.807) is 25.1 Å². The van der Waals surface area contributed by atoms with Gasteiger partial charge in [-0.3, -0.25) is 0 Å². The molecule has 0 unspecified atom stereocenters. The zero-order chi connectivity index (χ0) is 14.3. The van der Waals surface area contributed by atoms with E-state index in [0.717, 1.165) is 3.97 Å². The maximum Gasteiger partial charge on any atom is 0.269 e. The van der Waals surface area contributed by atoms with Crippen molar-refractivity contribution in [3.05, 3.63) is 60.2 Å². The van der Waals surface area contributed by atoms with Crippen molar-refractivity contribution in [1.82, 2.24) is 8.96 Å². The van der Waals surface area contributed by atoms with Gasteiger partial charge in [0.05, 0.1) is 10.3 Å². The van der Waals surface area contributed by atoms with Crippen LogP contribution in [0.1, 0.15) is 5.69 Å². The Morgan fingerprint density at radius 3 is 2.55 bits per heavy atom. The summed E-state index contributed by atoms with van der Waals surface area (Å²) in [4.78, 5) is 4.14. The van der Waals surface area contributed by atoms with Gasteiger partial charge in [-0.1, -0.05) is 18.2 Å². The molecule has 20 heavy (non-hydrogen) atoms. The average molecular weight is 290 g/mol. The zero-order valence-electron chi connectivity index (χ0n) is 10.6. The molecule has 0 bridgehead atoms. The third kappa shape index (κ3) is 1.80. The van der Waals surface area contributed by atoms with Gasteiger partial charge in [0.25, 0.3) is 10.0 Å². The molecular weight excluding hydrogens is 279 g/mol. The average Bonchev–Trinajstić information content (AvgIpc) is 2.78. The Kier molecular flexibility index (Phi) is 2.83. The monoisotopic (exact) mass is 290 g/mol. The molecule has 0 aliphatic carbocycles. The fraction of sp³-hybridized carbons (Fsp3) is 0.0714. The second kappa shape index (κ2) is 4.42. The molecule has 2 heterocycles. The van der Waals surface area contributed by atoms with Crippen LogP contribution >= 0.6 is 0 Å². The van der Waals surface area contributed by atoms with Gasteiger partial charge in [-0.15, -0.1) is 0 Å². The third-order valence-corrected chi connectivity index (χ3v) is 4.87. The summed E-state index contributed by atoms with van der Waals surface area (Å²) >= 11 is 0. The molecule has 3 aromatic rings. The number of rotatable bonds is 2. The second-order valence-corrected chi connectivity index (χ2v) is 6.18. The number of aryl methyl sites for hydroxylation is 1. The summed E-state index contributed by atoms with van der Waals surface area (Å²) in [6.07, 6.45) is 1.26. The number of hydrogen-bond donors (Lipinski definition) is 0. The number of aromatic nitrogens is 2. The fourth-order valence-corrected chi connectivity index (χ4v) is 3.69. The van der Waals surface area contributed by atoms with E-state index in [0.29, 0.717) is 5.69 Å². The summed E-state index contributed by atoms with van der Waals surface area (Å²) in [6, 6.07) is 10.7. The van der Waals surface area contributed by atoms with E-state index in [1.165, 1.54) is 30.5 Å². The van der Waals surface area contributed by atoms with E-state index in [9.17, 15) is 12.8 Å². The Hall–Kier alpha value is -2.21. The van der Waals surface area contributed by atoms with Crippen LogP contribution in [-0.4, -0.2) is 17.4 Å². The molecule has 0 atom stereocenters. The first-order chi connectivity index (χ1) is 9.51. The van der Waals surface area contributed by atoms with E-state index >= 15 is 0 Å². The molecule has 0 spiro atoms. The van der Waals surface area contributed by atoms with Crippen LogP contribution in [0.25, 0.3) is 11.0 Å². The molecule has 0 aliphatic rings. The number of pyridine rings is 1. The highest BCUT2D eigenvalue weighted by Gasteiger charge is 2.22. The largest absolute Gasteiger partial charge is 0.269 e. The lowest BCUT2D eigenvalue weighted by molar-refractivity contribution is 0.587. The third-order valence-electron chi connectivity index (χ3n) is 3.06. The van der Waals surface area contributed by atoms with Crippen LogP contribution in [0.5, 0.6) is 0 Å². The highest BCUT2D eigenvalue weighted by molar-refractivity contribution is 7.90. The lowest BCUT2D eigenvalue weighted by atomic mass is 10.3. The molecule has 0 N–H and O–H groups in total. The second-order valence-electron chi connectivity index (χ2n) is 4.40. The normalized spacial score (nSPS) is 11.9. The molecule has 0 fully saturated rings. The molecular formula is C14H11FN2O2S. The smallest absolute Gasteiger partial charge is 0.237 e. The van der Waals surface area contributed by atoms with Gasteiger partial charge in [0.2, 0.25) is 0 Å². The predicted molar refractivity (Wildman–Crippen MR) is 73.5 cm³/mol. The van der Waals surface area contributed by atoms with Crippen LogP contribution in [0.4, 0.5) is 4.39 Å². The summed E-state index contributed by atoms with van der Waals surface area (Å²) in [5, 5.41) is 0.199. The molecule has 1 aromatic carbocycles. The Bertz CT molecular complexity index is 886. The SMILES string of the molecule is Cc1cc2c(F)ccnc2n1S(=O)(=O)c1ccccc1. The Balaban J connectivity index is 2.36. The number of benzene rings is 1. The van der Waals surface area contributed by atoms with Crippen molar-refractivity contribution in [1.29, 1.82) is 0 Å². The summed E-state index contributed by atoms with van der Waals surface area (Å²) in [5.74, 6) is -0.486. The maximum atomic E-state index is 13.7. The Labute approximate surface area is 115 Å². The molecule has 102 valence electrons. The quantitative estimate of drug-likeness (QED) is 0.729. The molecule has 2 aromatic heterocycles. The number of nitrogens with zero attached hydrogens (tertiary/aromatic N) is 2. The molecule has 0 saturated heterocycles. The molecule has 0 amide bonds. The van der Waals surface area contributed by atoms with Crippen LogP contribution in [0.3, 0.4) is 0 Å². The van der Waals surface area contributed by atoms with Crippen molar-refractivity contribution < 1.29 is 12.8 Å². The van der Waals surface area contributed by atoms with E-state index in [2.05, 4.69) is 4.98 Å². The van der Waals surface area contributed by atoms with Crippen LogP contribution in [-0.2, 0) is 10.0 Å². The van der Waals surface area contributed by atoms with E-state index in [1.807, 2.05) is 0 Å². The molecule has 0 saturated carbocycles. The van der Waals surface area contributed by atoms with Crippen molar-refractivity contribution in [3.8, 4) is 0 Å². The van der Waals surface area contributed by atoms with E-state index in [-0.39, 0.29) is 15.9 Å². The van der Waals surface area contributed by atoms with E-state index in [4.69, 9.17) is 0 Å². The van der Waals surface area contributed by atoms with Gasteiger partial charge in [-0.05, 0) is 31.2 Å². The van der Waals surface area contributed by atoms with Gasteiger partial charge in [-0.25, -0.2) is 21.8 Å². The van der Waals surface area contributed by atoms with Crippen molar-refractivity contribution in [3.63, 3.8) is 0 Å². The van der Waals surface area contributed by atoms with Gasteiger partial charge in [0.1, 0.15) is 5.82 Å². The lowest BCUT2D eigenvalue weighted by Crippen LogP contribution is -2.14. The highest BCUT2D eigenvalue weighted by Crippen LogP contribution is 2.25. The van der Waals surface area contributed by atoms with Crippen molar-refractivity contribution in [2.75, 3.05) is 0 Å². The first-order valence-corrected chi connectivity index (χ1v) is 7.39. The van der Waals surface area contributed by atoms with Gasteiger partial charge >= 0.3 is 0 Å².